The van der Waals surface area contributed by atoms with Crippen molar-refractivity contribution < 1.29 is 14.7 Å². The first-order valence-electron chi connectivity index (χ1n) is 6.65. The highest BCUT2D eigenvalue weighted by molar-refractivity contribution is 5.77. The van der Waals surface area contributed by atoms with Crippen LogP contribution in [0.3, 0.4) is 0 Å². The number of carboxylic acids is 1. The molecule has 1 aromatic rings. The van der Waals surface area contributed by atoms with Gasteiger partial charge in [-0.15, -0.1) is 0 Å². The summed E-state index contributed by atoms with van der Waals surface area (Å²) in [5, 5.41) is 11.7. The SMILES string of the molecule is Cc1cc(C)c(CNC(=O)N2CCC(C(=O)O)C2)cn1. The number of aryl methyl sites for hydroxylation is 2. The molecule has 1 aromatic heterocycles. The van der Waals surface area contributed by atoms with Gasteiger partial charge in [-0.2, -0.15) is 0 Å². The highest BCUT2D eigenvalue weighted by Gasteiger charge is 2.30. The summed E-state index contributed by atoms with van der Waals surface area (Å²) in [5.74, 6) is -1.28. The van der Waals surface area contributed by atoms with Gasteiger partial charge in [0.1, 0.15) is 0 Å². The number of nitrogens with one attached hydrogen (secondary N) is 1. The number of urea groups is 1. The Kier molecular flexibility index (Phi) is 4.22. The molecular formula is C14H19N3O3. The lowest BCUT2D eigenvalue weighted by atomic mass is 10.1. The van der Waals surface area contributed by atoms with Crippen molar-refractivity contribution in [1.29, 1.82) is 0 Å². The summed E-state index contributed by atoms with van der Waals surface area (Å²) in [5.41, 5.74) is 3.00. The summed E-state index contributed by atoms with van der Waals surface area (Å²) < 4.78 is 0. The van der Waals surface area contributed by atoms with E-state index in [1.54, 1.807) is 11.1 Å². The molecule has 6 nitrogen and oxygen atoms in total. The highest BCUT2D eigenvalue weighted by Crippen LogP contribution is 2.16. The van der Waals surface area contributed by atoms with E-state index in [1.807, 2.05) is 19.9 Å². The van der Waals surface area contributed by atoms with Crippen LogP contribution < -0.4 is 5.32 Å². The lowest BCUT2D eigenvalue weighted by Crippen LogP contribution is -2.38. The molecule has 0 spiro atoms. The van der Waals surface area contributed by atoms with Crippen LogP contribution in [0.2, 0.25) is 0 Å². The van der Waals surface area contributed by atoms with Gasteiger partial charge in [0.2, 0.25) is 0 Å². The van der Waals surface area contributed by atoms with Crippen molar-refractivity contribution in [2.45, 2.75) is 26.8 Å². The fourth-order valence-electron chi connectivity index (χ4n) is 2.34. The Morgan fingerprint density at radius 2 is 2.25 bits per heavy atom. The fraction of sp³-hybridized carbons (Fsp3) is 0.500. The lowest BCUT2D eigenvalue weighted by molar-refractivity contribution is -0.141. The van der Waals surface area contributed by atoms with Crippen LogP contribution in [0.4, 0.5) is 4.79 Å². The second kappa shape index (κ2) is 5.90. The number of rotatable bonds is 3. The zero-order chi connectivity index (χ0) is 14.7. The number of likely N-dealkylation sites (tertiary alicyclic amines) is 1. The third-order valence-corrected chi connectivity index (χ3v) is 3.61. The van der Waals surface area contributed by atoms with Gasteiger partial charge in [0.25, 0.3) is 0 Å². The van der Waals surface area contributed by atoms with Crippen LogP contribution in [0, 0.1) is 19.8 Å². The molecule has 1 saturated heterocycles. The van der Waals surface area contributed by atoms with E-state index in [0.29, 0.717) is 19.5 Å². The van der Waals surface area contributed by atoms with Crippen LogP contribution >= 0.6 is 0 Å². The maximum absolute atomic E-state index is 12.0. The first-order valence-corrected chi connectivity index (χ1v) is 6.65. The van der Waals surface area contributed by atoms with E-state index in [0.717, 1.165) is 16.8 Å². The van der Waals surface area contributed by atoms with Crippen molar-refractivity contribution in [1.82, 2.24) is 15.2 Å². The van der Waals surface area contributed by atoms with Gasteiger partial charge in [0.15, 0.2) is 0 Å². The number of aliphatic carboxylic acids is 1. The molecule has 0 aliphatic carbocycles. The predicted molar refractivity (Wildman–Crippen MR) is 73.3 cm³/mol. The maximum Gasteiger partial charge on any atom is 0.317 e. The molecule has 0 radical (unpaired) electrons. The van der Waals surface area contributed by atoms with Gasteiger partial charge in [-0.1, -0.05) is 0 Å². The lowest BCUT2D eigenvalue weighted by Gasteiger charge is -2.17. The van der Waals surface area contributed by atoms with Crippen LogP contribution in [0.1, 0.15) is 23.2 Å². The second-order valence-corrected chi connectivity index (χ2v) is 5.18. The third-order valence-electron chi connectivity index (χ3n) is 3.61. The average Bonchev–Trinajstić information content (AvgIpc) is 2.87. The number of carbonyl (C=O) groups is 2. The molecule has 2 amide bonds. The van der Waals surface area contributed by atoms with Crippen molar-refractivity contribution in [2.75, 3.05) is 13.1 Å². The van der Waals surface area contributed by atoms with Crippen LogP contribution in [-0.4, -0.2) is 40.1 Å². The minimum absolute atomic E-state index is 0.214. The normalized spacial score (nSPS) is 18.1. The molecule has 0 aromatic carbocycles. The van der Waals surface area contributed by atoms with E-state index < -0.39 is 11.9 Å². The minimum Gasteiger partial charge on any atom is -0.481 e. The van der Waals surface area contributed by atoms with Crippen LogP contribution in [0.5, 0.6) is 0 Å². The van der Waals surface area contributed by atoms with Crippen molar-refractivity contribution in [2.24, 2.45) is 5.92 Å². The monoisotopic (exact) mass is 277 g/mol. The van der Waals surface area contributed by atoms with Crippen molar-refractivity contribution >= 4 is 12.0 Å². The molecule has 1 aliphatic rings. The van der Waals surface area contributed by atoms with Crippen molar-refractivity contribution in [3.05, 3.63) is 29.1 Å². The zero-order valence-corrected chi connectivity index (χ0v) is 11.7. The molecular weight excluding hydrogens is 258 g/mol. The number of amides is 2. The van der Waals surface area contributed by atoms with Gasteiger partial charge in [-0.05, 0) is 37.5 Å². The summed E-state index contributed by atoms with van der Waals surface area (Å²) in [4.78, 5) is 28.6. The minimum atomic E-state index is -0.834. The van der Waals surface area contributed by atoms with Gasteiger partial charge in [-0.25, -0.2) is 4.79 Å². The largest absolute Gasteiger partial charge is 0.481 e. The number of pyridine rings is 1. The number of hydrogen-bond donors (Lipinski definition) is 2. The highest BCUT2D eigenvalue weighted by atomic mass is 16.4. The van der Waals surface area contributed by atoms with E-state index in [4.69, 9.17) is 5.11 Å². The molecule has 2 N–H and O–H groups in total. The Balaban J connectivity index is 1.88. The smallest absolute Gasteiger partial charge is 0.317 e. The first-order chi connectivity index (χ1) is 9.47. The standard InChI is InChI=1S/C14H19N3O3/c1-9-5-10(2)15-6-12(9)7-16-14(20)17-4-3-11(8-17)13(18)19/h5-6,11H,3-4,7-8H2,1-2H3,(H,16,20)(H,18,19). The molecule has 2 heterocycles. The molecule has 1 unspecified atom stereocenters. The summed E-state index contributed by atoms with van der Waals surface area (Å²) >= 11 is 0. The van der Waals surface area contributed by atoms with Gasteiger partial charge >= 0.3 is 12.0 Å². The molecule has 1 fully saturated rings. The van der Waals surface area contributed by atoms with Gasteiger partial charge < -0.3 is 15.3 Å². The van der Waals surface area contributed by atoms with Crippen molar-refractivity contribution in [3.8, 4) is 0 Å². The average molecular weight is 277 g/mol. The van der Waals surface area contributed by atoms with Crippen LogP contribution in [-0.2, 0) is 11.3 Å². The Morgan fingerprint density at radius 3 is 2.85 bits per heavy atom. The zero-order valence-electron chi connectivity index (χ0n) is 11.7. The summed E-state index contributed by atoms with van der Waals surface area (Å²) in [6.07, 6.45) is 2.28. The second-order valence-electron chi connectivity index (χ2n) is 5.18. The number of nitrogens with zero attached hydrogens (tertiary/aromatic N) is 2. The Hall–Kier alpha value is -2.11. The third kappa shape index (κ3) is 3.26. The van der Waals surface area contributed by atoms with E-state index in [1.165, 1.54) is 0 Å². The molecule has 0 saturated carbocycles. The number of aromatic nitrogens is 1. The molecule has 6 heteroatoms. The fourth-order valence-corrected chi connectivity index (χ4v) is 2.34. The van der Waals surface area contributed by atoms with E-state index in [-0.39, 0.29) is 12.6 Å². The number of hydrogen-bond acceptors (Lipinski definition) is 3. The van der Waals surface area contributed by atoms with E-state index in [9.17, 15) is 9.59 Å². The number of carbonyl (C=O) groups excluding carboxylic acids is 1. The van der Waals surface area contributed by atoms with E-state index >= 15 is 0 Å². The molecule has 0 bridgehead atoms. The molecule has 108 valence electrons. The maximum atomic E-state index is 12.0. The summed E-state index contributed by atoms with van der Waals surface area (Å²) in [7, 11) is 0. The molecule has 1 atom stereocenters. The van der Waals surface area contributed by atoms with Gasteiger partial charge in [0, 0.05) is 31.5 Å². The molecule has 2 rings (SSSR count). The quantitative estimate of drug-likeness (QED) is 0.872. The van der Waals surface area contributed by atoms with Gasteiger partial charge in [-0.3, -0.25) is 9.78 Å². The Labute approximate surface area is 117 Å². The van der Waals surface area contributed by atoms with Crippen LogP contribution in [0.25, 0.3) is 0 Å². The molecule has 1 aliphatic heterocycles. The predicted octanol–water partition coefficient (Wildman–Crippen LogP) is 1.31. The number of carboxylic acid groups (broad SMARTS) is 1. The summed E-state index contributed by atoms with van der Waals surface area (Å²) in [6.45, 7) is 5.09. The Morgan fingerprint density at radius 1 is 1.50 bits per heavy atom. The van der Waals surface area contributed by atoms with Crippen LogP contribution in [0.15, 0.2) is 12.3 Å². The molecule has 20 heavy (non-hydrogen) atoms. The summed E-state index contributed by atoms with van der Waals surface area (Å²) in [6, 6.07) is 1.76. The first kappa shape index (κ1) is 14.3. The van der Waals surface area contributed by atoms with E-state index in [2.05, 4.69) is 10.3 Å². The topological polar surface area (TPSA) is 82.5 Å². The van der Waals surface area contributed by atoms with Gasteiger partial charge in [0.05, 0.1) is 5.92 Å². The van der Waals surface area contributed by atoms with Crippen molar-refractivity contribution in [3.63, 3.8) is 0 Å². The Bertz CT molecular complexity index is 530.